The normalized spacial score (nSPS) is 16.9. The Hall–Kier alpha value is -2.42. The number of nitrogens with one attached hydrogen (secondary N) is 1. The summed E-state index contributed by atoms with van der Waals surface area (Å²) in [6.45, 7) is 0.161. The van der Waals surface area contributed by atoms with Crippen molar-refractivity contribution in [2.24, 2.45) is 5.92 Å². The standard InChI is InChI=1S/C18H18F3NO2/c19-18(20,21)15-9-6-10-16(13-15)24-12-5-4-11-22-17(23)14-7-2-1-3-8-14/h1-2,6,9-10,13-14H,3,7-8,11-12H2,(H,22,23)/t14-/m0/s1. The number of hydrogen-bond acceptors (Lipinski definition) is 2. The summed E-state index contributed by atoms with van der Waals surface area (Å²) >= 11 is 0. The number of alkyl halides is 3. The van der Waals surface area contributed by atoms with E-state index >= 15 is 0 Å². The van der Waals surface area contributed by atoms with Crippen molar-refractivity contribution in [1.29, 1.82) is 0 Å². The molecule has 0 spiro atoms. The van der Waals surface area contributed by atoms with Crippen molar-refractivity contribution >= 4 is 5.91 Å². The van der Waals surface area contributed by atoms with Crippen LogP contribution in [0.5, 0.6) is 5.75 Å². The molecule has 6 heteroatoms. The highest BCUT2D eigenvalue weighted by Crippen LogP contribution is 2.31. The van der Waals surface area contributed by atoms with Crippen LogP contribution in [-0.2, 0) is 11.0 Å². The van der Waals surface area contributed by atoms with E-state index in [9.17, 15) is 18.0 Å². The Morgan fingerprint density at radius 3 is 2.83 bits per heavy atom. The minimum absolute atomic E-state index is 0.00171. The molecule has 0 unspecified atom stereocenters. The van der Waals surface area contributed by atoms with E-state index in [1.54, 1.807) is 0 Å². The number of rotatable bonds is 4. The molecule has 2 rings (SSSR count). The summed E-state index contributed by atoms with van der Waals surface area (Å²) in [4.78, 5) is 11.8. The fourth-order valence-corrected chi connectivity index (χ4v) is 2.30. The van der Waals surface area contributed by atoms with Crippen LogP contribution in [0.1, 0.15) is 24.8 Å². The topological polar surface area (TPSA) is 38.3 Å². The monoisotopic (exact) mass is 337 g/mol. The fraction of sp³-hybridized carbons (Fsp3) is 0.389. The van der Waals surface area contributed by atoms with Crippen LogP contribution < -0.4 is 10.1 Å². The van der Waals surface area contributed by atoms with Crippen LogP contribution in [0.15, 0.2) is 36.4 Å². The van der Waals surface area contributed by atoms with Gasteiger partial charge < -0.3 is 10.1 Å². The molecule has 0 fully saturated rings. The third-order valence-electron chi connectivity index (χ3n) is 3.59. The zero-order valence-electron chi connectivity index (χ0n) is 13.0. The summed E-state index contributed by atoms with van der Waals surface area (Å²) < 4.78 is 42.8. The van der Waals surface area contributed by atoms with Crippen LogP contribution in [0.3, 0.4) is 0 Å². The van der Waals surface area contributed by atoms with Gasteiger partial charge in [-0.25, -0.2) is 0 Å². The predicted molar refractivity (Wildman–Crippen MR) is 84.2 cm³/mol. The molecule has 0 saturated carbocycles. The van der Waals surface area contributed by atoms with E-state index in [1.165, 1.54) is 12.1 Å². The highest BCUT2D eigenvalue weighted by Gasteiger charge is 2.30. The van der Waals surface area contributed by atoms with Gasteiger partial charge in [0.2, 0.25) is 5.91 Å². The lowest BCUT2D eigenvalue weighted by atomic mass is 9.94. The lowest BCUT2D eigenvalue weighted by Gasteiger charge is -2.16. The zero-order valence-corrected chi connectivity index (χ0v) is 13.0. The minimum Gasteiger partial charge on any atom is -0.481 e. The Morgan fingerprint density at radius 1 is 1.29 bits per heavy atom. The highest BCUT2D eigenvalue weighted by atomic mass is 19.4. The third kappa shape index (κ3) is 5.65. The lowest BCUT2D eigenvalue weighted by molar-refractivity contribution is -0.137. The van der Waals surface area contributed by atoms with Gasteiger partial charge in [-0.1, -0.05) is 30.1 Å². The Kier molecular flexibility index (Phi) is 6.30. The summed E-state index contributed by atoms with van der Waals surface area (Å²) in [5.41, 5.74) is -0.762. The van der Waals surface area contributed by atoms with Crippen LogP contribution in [0, 0.1) is 17.8 Å². The van der Waals surface area contributed by atoms with Gasteiger partial charge in [0.1, 0.15) is 12.4 Å². The number of ether oxygens (including phenoxy) is 1. The molecule has 3 nitrogen and oxygen atoms in total. The van der Waals surface area contributed by atoms with Crippen molar-refractivity contribution in [3.05, 3.63) is 42.0 Å². The SMILES string of the molecule is O=C(NCC#CCOc1cccc(C(F)(F)F)c1)[C@H]1CC=CCC1. The van der Waals surface area contributed by atoms with Gasteiger partial charge in [-0.15, -0.1) is 0 Å². The molecule has 0 bridgehead atoms. The van der Waals surface area contributed by atoms with Gasteiger partial charge in [-0.05, 0) is 37.5 Å². The van der Waals surface area contributed by atoms with Crippen molar-refractivity contribution in [2.45, 2.75) is 25.4 Å². The average Bonchev–Trinajstić information content (AvgIpc) is 2.58. The Labute approximate surface area is 138 Å². The van der Waals surface area contributed by atoms with Gasteiger partial charge in [0.15, 0.2) is 0 Å². The average molecular weight is 337 g/mol. The molecular weight excluding hydrogens is 319 g/mol. The van der Waals surface area contributed by atoms with Crippen molar-refractivity contribution < 1.29 is 22.7 Å². The first-order chi connectivity index (χ1) is 11.5. The van der Waals surface area contributed by atoms with E-state index in [0.29, 0.717) is 0 Å². The van der Waals surface area contributed by atoms with Crippen molar-refractivity contribution in [2.75, 3.05) is 13.2 Å². The second-order valence-electron chi connectivity index (χ2n) is 5.37. The molecule has 24 heavy (non-hydrogen) atoms. The molecule has 0 aromatic heterocycles. The first-order valence-corrected chi connectivity index (χ1v) is 7.65. The fourth-order valence-electron chi connectivity index (χ4n) is 2.30. The molecule has 1 aliphatic rings. The lowest BCUT2D eigenvalue weighted by Crippen LogP contribution is -2.31. The predicted octanol–water partition coefficient (Wildman–Crippen LogP) is 3.56. The molecule has 1 aromatic carbocycles. The molecule has 0 saturated heterocycles. The van der Waals surface area contributed by atoms with Gasteiger partial charge in [0.05, 0.1) is 12.1 Å². The maximum absolute atomic E-state index is 12.6. The van der Waals surface area contributed by atoms with E-state index in [2.05, 4.69) is 23.2 Å². The minimum atomic E-state index is -4.40. The smallest absolute Gasteiger partial charge is 0.416 e. The molecule has 0 radical (unpaired) electrons. The van der Waals surface area contributed by atoms with Crippen molar-refractivity contribution in [3.63, 3.8) is 0 Å². The quantitative estimate of drug-likeness (QED) is 0.674. The Balaban J connectivity index is 1.72. The van der Waals surface area contributed by atoms with Crippen LogP contribution in [0.4, 0.5) is 13.2 Å². The number of halogens is 3. The molecule has 1 aromatic rings. The molecule has 0 aliphatic heterocycles. The number of amides is 1. The van der Waals surface area contributed by atoms with Gasteiger partial charge in [-0.2, -0.15) is 13.2 Å². The summed E-state index contributed by atoms with van der Waals surface area (Å²) in [5, 5.41) is 2.73. The number of carbonyl (C=O) groups excluding carboxylic acids is 1. The number of carbonyl (C=O) groups is 1. The summed E-state index contributed by atoms with van der Waals surface area (Å²) in [7, 11) is 0. The maximum atomic E-state index is 12.6. The molecule has 1 aliphatic carbocycles. The second-order valence-corrected chi connectivity index (χ2v) is 5.37. The Bertz CT molecular complexity index is 656. The summed E-state index contributed by atoms with van der Waals surface area (Å²) in [6.07, 6.45) is 2.17. The molecule has 128 valence electrons. The van der Waals surface area contributed by atoms with Gasteiger partial charge >= 0.3 is 6.18 Å². The van der Waals surface area contributed by atoms with E-state index in [0.717, 1.165) is 31.4 Å². The van der Waals surface area contributed by atoms with Crippen molar-refractivity contribution in [3.8, 4) is 17.6 Å². The zero-order chi connectivity index (χ0) is 17.4. The largest absolute Gasteiger partial charge is 0.481 e. The van der Waals surface area contributed by atoms with E-state index < -0.39 is 11.7 Å². The number of benzene rings is 1. The third-order valence-corrected chi connectivity index (χ3v) is 3.59. The molecule has 1 N–H and O–H groups in total. The van der Waals surface area contributed by atoms with E-state index in [4.69, 9.17) is 4.74 Å². The van der Waals surface area contributed by atoms with E-state index in [-0.39, 0.29) is 30.7 Å². The first-order valence-electron chi connectivity index (χ1n) is 7.65. The van der Waals surface area contributed by atoms with Gasteiger partial charge in [-0.3, -0.25) is 4.79 Å². The number of allylic oxidation sites excluding steroid dienone is 2. The second kappa shape index (κ2) is 8.44. The maximum Gasteiger partial charge on any atom is 0.416 e. The van der Waals surface area contributed by atoms with Crippen LogP contribution in [-0.4, -0.2) is 19.1 Å². The molecule has 0 heterocycles. The molecule has 1 atom stereocenters. The van der Waals surface area contributed by atoms with Crippen LogP contribution in [0.2, 0.25) is 0 Å². The van der Waals surface area contributed by atoms with Crippen LogP contribution >= 0.6 is 0 Å². The van der Waals surface area contributed by atoms with Crippen molar-refractivity contribution in [1.82, 2.24) is 5.32 Å². The molecule has 1 amide bonds. The van der Waals surface area contributed by atoms with Gasteiger partial charge in [0, 0.05) is 5.92 Å². The van der Waals surface area contributed by atoms with E-state index in [1.807, 2.05) is 6.08 Å². The number of hydrogen-bond donors (Lipinski definition) is 1. The summed E-state index contributed by atoms with van der Waals surface area (Å²) in [6, 6.07) is 4.63. The van der Waals surface area contributed by atoms with Crippen LogP contribution in [0.25, 0.3) is 0 Å². The Morgan fingerprint density at radius 2 is 2.12 bits per heavy atom. The summed E-state index contributed by atoms with van der Waals surface area (Å²) in [5.74, 6) is 5.48. The first kappa shape index (κ1) is 17.9. The highest BCUT2D eigenvalue weighted by molar-refractivity contribution is 5.79. The molecular formula is C18H18F3NO2. The van der Waals surface area contributed by atoms with Gasteiger partial charge in [0.25, 0.3) is 0 Å².